The number of halogens is 4. The van der Waals surface area contributed by atoms with Crippen molar-refractivity contribution < 1.29 is 4.74 Å². The van der Waals surface area contributed by atoms with Crippen LogP contribution in [0.2, 0.25) is 5.02 Å². The zero-order chi connectivity index (χ0) is 15.7. The quantitative estimate of drug-likeness (QED) is 0.416. The van der Waals surface area contributed by atoms with Gasteiger partial charge in [0.1, 0.15) is 5.75 Å². The number of rotatable bonds is 3. The Labute approximate surface area is 155 Å². The Kier molecular flexibility index (Phi) is 5.80. The summed E-state index contributed by atoms with van der Waals surface area (Å²) in [4.78, 5) is 0.00953. The Morgan fingerprint density at radius 1 is 1.10 bits per heavy atom. The number of benzene rings is 2. The van der Waals surface area contributed by atoms with Crippen LogP contribution < -0.4 is 4.74 Å². The molecule has 0 N–H and O–H groups in total. The van der Waals surface area contributed by atoms with Crippen LogP contribution in [0, 0.1) is 13.8 Å². The molecule has 0 saturated heterocycles. The lowest BCUT2D eigenvalue weighted by molar-refractivity contribution is 0.406. The minimum absolute atomic E-state index is 0.00953. The summed E-state index contributed by atoms with van der Waals surface area (Å²) in [6.07, 6.45) is 0. The zero-order valence-electron chi connectivity index (χ0n) is 11.8. The van der Waals surface area contributed by atoms with E-state index in [0.717, 1.165) is 36.9 Å². The van der Waals surface area contributed by atoms with Gasteiger partial charge < -0.3 is 4.74 Å². The zero-order valence-corrected chi connectivity index (χ0v) is 17.3. The summed E-state index contributed by atoms with van der Waals surface area (Å²) in [5.41, 5.74) is 4.48. The molecule has 1 unspecified atom stereocenters. The fourth-order valence-corrected chi connectivity index (χ4v) is 5.04. The van der Waals surface area contributed by atoms with Gasteiger partial charge >= 0.3 is 0 Å². The smallest absolute Gasteiger partial charge is 0.126 e. The predicted molar refractivity (Wildman–Crippen MR) is 100 cm³/mol. The molecule has 112 valence electrons. The van der Waals surface area contributed by atoms with E-state index >= 15 is 0 Å². The summed E-state index contributed by atoms with van der Waals surface area (Å²) in [6, 6.07) is 7.88. The number of methoxy groups -OCH3 is 1. The monoisotopic (exact) mass is 494 g/mol. The second-order valence-corrected chi connectivity index (χ2v) is 7.84. The summed E-state index contributed by atoms with van der Waals surface area (Å²) >= 11 is 17.0. The minimum atomic E-state index is 0.00953. The number of hydrogen-bond donors (Lipinski definition) is 0. The Morgan fingerprint density at radius 2 is 1.76 bits per heavy atom. The molecular formula is C16H14Br3ClO. The first kappa shape index (κ1) is 17.3. The van der Waals surface area contributed by atoms with Crippen molar-refractivity contribution in [1.29, 1.82) is 0 Å². The topological polar surface area (TPSA) is 9.23 Å². The van der Waals surface area contributed by atoms with Crippen LogP contribution in [0.1, 0.15) is 27.1 Å². The predicted octanol–water partition coefficient (Wildman–Crippen LogP) is 6.97. The molecule has 21 heavy (non-hydrogen) atoms. The van der Waals surface area contributed by atoms with Gasteiger partial charge in [-0.25, -0.2) is 0 Å². The summed E-state index contributed by atoms with van der Waals surface area (Å²) < 4.78 is 7.67. The molecule has 0 heterocycles. The van der Waals surface area contributed by atoms with Gasteiger partial charge in [0.25, 0.3) is 0 Å². The first-order valence-corrected chi connectivity index (χ1v) is 9.17. The van der Waals surface area contributed by atoms with Crippen LogP contribution in [0.3, 0.4) is 0 Å². The van der Waals surface area contributed by atoms with Gasteiger partial charge in [0.15, 0.2) is 0 Å². The molecule has 1 atom stereocenters. The van der Waals surface area contributed by atoms with Gasteiger partial charge in [0.2, 0.25) is 0 Å². The fraction of sp³-hybridized carbons (Fsp3) is 0.250. The second kappa shape index (κ2) is 7.03. The third-order valence-electron chi connectivity index (χ3n) is 3.40. The van der Waals surface area contributed by atoms with Crippen molar-refractivity contribution in [2.24, 2.45) is 0 Å². The number of ether oxygens (including phenoxy) is 1. The van der Waals surface area contributed by atoms with E-state index in [2.05, 4.69) is 60.8 Å². The maximum atomic E-state index is 6.03. The van der Waals surface area contributed by atoms with Crippen LogP contribution in [0.4, 0.5) is 0 Å². The van der Waals surface area contributed by atoms with E-state index in [-0.39, 0.29) is 4.83 Å². The van der Waals surface area contributed by atoms with Gasteiger partial charge in [-0.3, -0.25) is 0 Å². The Balaban J connectivity index is 2.65. The van der Waals surface area contributed by atoms with E-state index in [0.29, 0.717) is 5.02 Å². The summed E-state index contributed by atoms with van der Waals surface area (Å²) in [7, 11) is 1.70. The Hall–Kier alpha value is -0.0300. The molecule has 2 rings (SSSR count). The SMILES string of the molecule is COc1c(C)cc(Br)c(C)c1C(Br)c1ccc(Cl)cc1Br. The van der Waals surface area contributed by atoms with E-state index in [1.807, 2.05) is 25.1 Å². The lowest BCUT2D eigenvalue weighted by Crippen LogP contribution is -2.03. The van der Waals surface area contributed by atoms with Crippen molar-refractivity contribution in [3.8, 4) is 5.75 Å². The lowest BCUT2D eigenvalue weighted by Gasteiger charge is -2.21. The first-order valence-electron chi connectivity index (χ1n) is 6.29. The standard InChI is InChI=1S/C16H14Br3ClO/c1-8-6-12(17)9(2)14(16(8)21-3)15(19)11-5-4-10(20)7-13(11)18/h4-7,15H,1-3H3. The van der Waals surface area contributed by atoms with E-state index in [9.17, 15) is 0 Å². The molecular weight excluding hydrogens is 483 g/mol. The van der Waals surface area contributed by atoms with Crippen LogP contribution >= 0.6 is 59.4 Å². The van der Waals surface area contributed by atoms with Crippen molar-refractivity contribution in [3.05, 3.63) is 60.5 Å². The Bertz CT molecular complexity index is 686. The highest BCUT2D eigenvalue weighted by molar-refractivity contribution is 9.11. The van der Waals surface area contributed by atoms with E-state index in [1.165, 1.54) is 0 Å². The number of alkyl halides is 1. The normalized spacial score (nSPS) is 12.3. The highest BCUT2D eigenvalue weighted by Crippen LogP contribution is 2.45. The third kappa shape index (κ3) is 3.49. The molecule has 1 nitrogen and oxygen atoms in total. The molecule has 0 aromatic heterocycles. The summed E-state index contributed by atoms with van der Waals surface area (Å²) in [6.45, 7) is 4.13. The molecule has 2 aromatic rings. The van der Waals surface area contributed by atoms with E-state index in [4.69, 9.17) is 16.3 Å². The van der Waals surface area contributed by atoms with E-state index in [1.54, 1.807) is 7.11 Å². The minimum Gasteiger partial charge on any atom is -0.496 e. The van der Waals surface area contributed by atoms with Crippen molar-refractivity contribution in [2.75, 3.05) is 7.11 Å². The maximum Gasteiger partial charge on any atom is 0.126 e. The van der Waals surface area contributed by atoms with Gasteiger partial charge in [-0.15, -0.1) is 0 Å². The highest BCUT2D eigenvalue weighted by atomic mass is 79.9. The van der Waals surface area contributed by atoms with Crippen LogP contribution in [0.5, 0.6) is 5.75 Å². The van der Waals surface area contributed by atoms with Crippen molar-refractivity contribution >= 4 is 59.4 Å². The van der Waals surface area contributed by atoms with Gasteiger partial charge in [0.05, 0.1) is 11.9 Å². The van der Waals surface area contributed by atoms with Gasteiger partial charge in [0, 0.05) is 19.5 Å². The molecule has 0 saturated carbocycles. The molecule has 0 radical (unpaired) electrons. The molecule has 0 spiro atoms. The van der Waals surface area contributed by atoms with Gasteiger partial charge in [-0.05, 0) is 48.7 Å². The van der Waals surface area contributed by atoms with Crippen molar-refractivity contribution in [2.45, 2.75) is 18.7 Å². The molecule has 2 aromatic carbocycles. The molecule has 0 aliphatic carbocycles. The molecule has 0 fully saturated rings. The molecule has 0 bridgehead atoms. The van der Waals surface area contributed by atoms with Crippen LogP contribution in [-0.4, -0.2) is 7.11 Å². The largest absolute Gasteiger partial charge is 0.496 e. The highest BCUT2D eigenvalue weighted by Gasteiger charge is 2.23. The van der Waals surface area contributed by atoms with E-state index < -0.39 is 0 Å². The second-order valence-electron chi connectivity index (χ2n) is 4.78. The average molecular weight is 497 g/mol. The summed E-state index contributed by atoms with van der Waals surface area (Å²) in [5.74, 6) is 0.902. The first-order chi connectivity index (χ1) is 9.86. The van der Waals surface area contributed by atoms with Gasteiger partial charge in [-0.1, -0.05) is 65.5 Å². The lowest BCUT2D eigenvalue weighted by atomic mass is 9.97. The molecule has 0 aliphatic heterocycles. The number of hydrogen-bond acceptors (Lipinski definition) is 1. The van der Waals surface area contributed by atoms with Crippen molar-refractivity contribution in [3.63, 3.8) is 0 Å². The molecule has 0 aliphatic rings. The van der Waals surface area contributed by atoms with Crippen LogP contribution in [0.15, 0.2) is 33.2 Å². The van der Waals surface area contributed by atoms with Gasteiger partial charge in [-0.2, -0.15) is 0 Å². The number of aryl methyl sites for hydroxylation is 1. The maximum absolute atomic E-state index is 6.03. The van der Waals surface area contributed by atoms with Crippen LogP contribution in [0.25, 0.3) is 0 Å². The molecule has 0 amide bonds. The summed E-state index contributed by atoms with van der Waals surface area (Å²) in [5, 5.41) is 0.708. The van der Waals surface area contributed by atoms with Crippen LogP contribution in [-0.2, 0) is 0 Å². The fourth-order valence-electron chi connectivity index (χ4n) is 2.31. The molecule has 5 heteroatoms. The third-order valence-corrected chi connectivity index (χ3v) is 6.10. The van der Waals surface area contributed by atoms with Crippen molar-refractivity contribution in [1.82, 2.24) is 0 Å². The Morgan fingerprint density at radius 3 is 2.33 bits per heavy atom. The average Bonchev–Trinajstić information content (AvgIpc) is 2.41.